The lowest BCUT2D eigenvalue weighted by Gasteiger charge is -2.02. The van der Waals surface area contributed by atoms with Crippen molar-refractivity contribution in [1.82, 2.24) is 9.55 Å². The van der Waals surface area contributed by atoms with E-state index in [0.717, 1.165) is 19.3 Å². The van der Waals surface area contributed by atoms with Crippen LogP contribution in [0.25, 0.3) is 0 Å². The number of aromatic nitrogens is 2. The predicted molar refractivity (Wildman–Crippen MR) is 64.3 cm³/mol. The van der Waals surface area contributed by atoms with Crippen LogP contribution in [0.15, 0.2) is 6.20 Å². The summed E-state index contributed by atoms with van der Waals surface area (Å²) in [6.45, 7) is 2.41. The minimum atomic E-state index is -0.768. The SMILES string of the molecule is Cc1nc([N+](=O)[O-])cn1CCCCCCC(=O)O. The molecule has 7 nitrogen and oxygen atoms in total. The summed E-state index contributed by atoms with van der Waals surface area (Å²) in [6.07, 6.45) is 4.97. The Bertz CT molecular complexity index is 428. The number of unbranched alkanes of at least 4 members (excludes halogenated alkanes) is 3. The minimum absolute atomic E-state index is 0.127. The predicted octanol–water partition coefficient (Wildman–Crippen LogP) is 2.13. The summed E-state index contributed by atoms with van der Waals surface area (Å²) in [4.78, 5) is 24.1. The Kier molecular flexibility index (Phi) is 5.29. The number of hydrogen-bond donors (Lipinski definition) is 1. The highest BCUT2D eigenvalue weighted by Crippen LogP contribution is 2.12. The molecule has 1 N–H and O–H groups in total. The highest BCUT2D eigenvalue weighted by Gasteiger charge is 2.14. The lowest BCUT2D eigenvalue weighted by Crippen LogP contribution is -1.99. The molecule has 0 radical (unpaired) electrons. The topological polar surface area (TPSA) is 98.3 Å². The number of carbonyl (C=O) groups is 1. The van der Waals surface area contributed by atoms with E-state index in [1.54, 1.807) is 11.5 Å². The smallest absolute Gasteiger partial charge is 0.381 e. The third-order valence-electron chi connectivity index (χ3n) is 2.69. The van der Waals surface area contributed by atoms with Crippen LogP contribution < -0.4 is 0 Å². The van der Waals surface area contributed by atoms with Crippen LogP contribution in [0.4, 0.5) is 5.82 Å². The molecular weight excluding hydrogens is 238 g/mol. The first-order chi connectivity index (χ1) is 8.50. The van der Waals surface area contributed by atoms with Gasteiger partial charge in [0.2, 0.25) is 5.82 Å². The maximum absolute atomic E-state index is 10.5. The molecule has 0 unspecified atom stereocenters. The number of nitrogens with zero attached hydrogens (tertiary/aromatic N) is 3. The van der Waals surface area contributed by atoms with E-state index in [2.05, 4.69) is 4.98 Å². The molecule has 0 spiro atoms. The molecule has 0 aliphatic heterocycles. The monoisotopic (exact) mass is 255 g/mol. The molecule has 0 saturated carbocycles. The van der Waals surface area contributed by atoms with Gasteiger partial charge in [0, 0.05) is 19.9 Å². The molecule has 0 atom stereocenters. The van der Waals surface area contributed by atoms with E-state index in [1.807, 2.05) is 0 Å². The van der Waals surface area contributed by atoms with Crippen LogP contribution in [-0.2, 0) is 11.3 Å². The van der Waals surface area contributed by atoms with Crippen molar-refractivity contribution in [2.24, 2.45) is 0 Å². The highest BCUT2D eigenvalue weighted by molar-refractivity contribution is 5.66. The zero-order valence-electron chi connectivity index (χ0n) is 10.3. The molecule has 18 heavy (non-hydrogen) atoms. The van der Waals surface area contributed by atoms with Crippen LogP contribution in [0.2, 0.25) is 0 Å². The fourth-order valence-electron chi connectivity index (χ4n) is 1.72. The van der Waals surface area contributed by atoms with E-state index in [9.17, 15) is 14.9 Å². The molecule has 1 rings (SSSR count). The number of rotatable bonds is 8. The van der Waals surface area contributed by atoms with Crippen molar-refractivity contribution >= 4 is 11.8 Å². The van der Waals surface area contributed by atoms with Crippen molar-refractivity contribution < 1.29 is 14.8 Å². The molecule has 7 heteroatoms. The van der Waals surface area contributed by atoms with Gasteiger partial charge < -0.3 is 19.8 Å². The molecule has 1 heterocycles. The van der Waals surface area contributed by atoms with Gasteiger partial charge in [0.05, 0.1) is 0 Å². The van der Waals surface area contributed by atoms with Gasteiger partial charge in [-0.1, -0.05) is 12.8 Å². The van der Waals surface area contributed by atoms with Crippen LogP contribution in [0.1, 0.15) is 37.9 Å². The van der Waals surface area contributed by atoms with Crippen LogP contribution in [0.5, 0.6) is 0 Å². The summed E-state index contributed by atoms with van der Waals surface area (Å²) < 4.78 is 1.76. The molecular formula is C11H17N3O4. The molecule has 0 saturated heterocycles. The molecule has 0 aliphatic carbocycles. The molecule has 1 aromatic rings. The van der Waals surface area contributed by atoms with Crippen LogP contribution in [-0.4, -0.2) is 25.6 Å². The normalized spacial score (nSPS) is 10.5. The summed E-state index contributed by atoms with van der Waals surface area (Å²) >= 11 is 0. The Labute approximate surface area is 105 Å². The Hall–Kier alpha value is -1.92. The third kappa shape index (κ3) is 4.52. The molecule has 100 valence electrons. The lowest BCUT2D eigenvalue weighted by atomic mass is 10.1. The van der Waals surface area contributed by atoms with Gasteiger partial charge in [-0.2, -0.15) is 0 Å². The summed E-state index contributed by atoms with van der Waals surface area (Å²) in [5.74, 6) is -0.262. The van der Waals surface area contributed by atoms with E-state index in [0.29, 0.717) is 18.8 Å². The Morgan fingerprint density at radius 1 is 1.44 bits per heavy atom. The van der Waals surface area contributed by atoms with Crippen molar-refractivity contribution in [3.8, 4) is 0 Å². The van der Waals surface area contributed by atoms with Gasteiger partial charge in [-0.15, -0.1) is 0 Å². The maximum atomic E-state index is 10.5. The minimum Gasteiger partial charge on any atom is -0.481 e. The Morgan fingerprint density at radius 3 is 2.67 bits per heavy atom. The Morgan fingerprint density at radius 2 is 2.11 bits per heavy atom. The first-order valence-electron chi connectivity index (χ1n) is 5.90. The largest absolute Gasteiger partial charge is 0.481 e. The van der Waals surface area contributed by atoms with Gasteiger partial charge in [-0.3, -0.25) is 4.79 Å². The molecule has 0 bridgehead atoms. The molecule has 0 fully saturated rings. The summed E-state index contributed by atoms with van der Waals surface area (Å²) in [5.41, 5.74) is 0. The first-order valence-corrected chi connectivity index (χ1v) is 5.90. The number of aliphatic carboxylic acids is 1. The van der Waals surface area contributed by atoms with E-state index in [-0.39, 0.29) is 12.2 Å². The van der Waals surface area contributed by atoms with Crippen LogP contribution >= 0.6 is 0 Å². The van der Waals surface area contributed by atoms with Crippen molar-refractivity contribution in [3.05, 3.63) is 22.1 Å². The lowest BCUT2D eigenvalue weighted by molar-refractivity contribution is -0.389. The van der Waals surface area contributed by atoms with E-state index in [4.69, 9.17) is 5.11 Å². The first kappa shape index (κ1) is 14.1. The average molecular weight is 255 g/mol. The summed E-state index contributed by atoms with van der Waals surface area (Å²) in [6, 6.07) is 0. The zero-order valence-corrected chi connectivity index (χ0v) is 10.3. The van der Waals surface area contributed by atoms with E-state index >= 15 is 0 Å². The second kappa shape index (κ2) is 6.73. The number of hydrogen-bond acceptors (Lipinski definition) is 4. The van der Waals surface area contributed by atoms with Gasteiger partial charge in [-0.05, 0) is 22.7 Å². The number of imidazole rings is 1. The van der Waals surface area contributed by atoms with Crippen LogP contribution in [0.3, 0.4) is 0 Å². The Balaban J connectivity index is 2.27. The number of aryl methyl sites for hydroxylation is 2. The van der Waals surface area contributed by atoms with Gasteiger partial charge in [-0.25, -0.2) is 0 Å². The molecule has 0 aliphatic rings. The second-order valence-electron chi connectivity index (χ2n) is 4.15. The van der Waals surface area contributed by atoms with Crippen molar-refractivity contribution in [2.45, 2.75) is 45.6 Å². The quantitative estimate of drug-likeness (QED) is 0.436. The average Bonchev–Trinajstić information content (AvgIpc) is 2.65. The van der Waals surface area contributed by atoms with Crippen molar-refractivity contribution in [2.75, 3.05) is 0 Å². The van der Waals surface area contributed by atoms with E-state index < -0.39 is 10.9 Å². The van der Waals surface area contributed by atoms with Crippen molar-refractivity contribution in [3.63, 3.8) is 0 Å². The highest BCUT2D eigenvalue weighted by atomic mass is 16.6. The fraction of sp³-hybridized carbons (Fsp3) is 0.636. The van der Waals surface area contributed by atoms with Gasteiger partial charge in [0.15, 0.2) is 0 Å². The van der Waals surface area contributed by atoms with Crippen LogP contribution in [0, 0.1) is 17.0 Å². The zero-order chi connectivity index (χ0) is 13.5. The third-order valence-corrected chi connectivity index (χ3v) is 2.69. The van der Waals surface area contributed by atoms with Crippen molar-refractivity contribution in [1.29, 1.82) is 0 Å². The fourth-order valence-corrected chi connectivity index (χ4v) is 1.72. The number of carboxylic acid groups (broad SMARTS) is 1. The van der Waals surface area contributed by atoms with Gasteiger partial charge in [0.25, 0.3) is 0 Å². The van der Waals surface area contributed by atoms with E-state index in [1.165, 1.54) is 6.20 Å². The molecule has 0 aromatic carbocycles. The molecule has 0 amide bonds. The number of nitro groups is 1. The number of carboxylic acids is 1. The van der Waals surface area contributed by atoms with Gasteiger partial charge in [0.1, 0.15) is 6.20 Å². The maximum Gasteiger partial charge on any atom is 0.381 e. The summed E-state index contributed by atoms with van der Waals surface area (Å²) in [5, 5.41) is 19.0. The molecule has 1 aromatic heterocycles. The standard InChI is InChI=1S/C11H17N3O4/c1-9-12-10(14(17)18)8-13(9)7-5-3-2-4-6-11(15)16/h8H,2-7H2,1H3,(H,15,16). The second-order valence-corrected chi connectivity index (χ2v) is 4.15. The van der Waals surface area contributed by atoms with Gasteiger partial charge >= 0.3 is 11.8 Å². The summed E-state index contributed by atoms with van der Waals surface area (Å²) in [7, 11) is 0.